The van der Waals surface area contributed by atoms with E-state index >= 15 is 0 Å². The highest BCUT2D eigenvalue weighted by Crippen LogP contribution is 2.32. The fourth-order valence-electron chi connectivity index (χ4n) is 3.39. The maximum Gasteiger partial charge on any atom is 0.490 e. The van der Waals surface area contributed by atoms with Gasteiger partial charge in [-0.3, -0.25) is 14.5 Å². The number of amides is 2. The van der Waals surface area contributed by atoms with Crippen molar-refractivity contribution in [3.05, 3.63) is 0 Å². The number of rotatable bonds is 4. The first kappa shape index (κ1) is 26.2. The maximum absolute atomic E-state index is 12.5. The minimum atomic E-state index is -5.08. The number of nitrogens with zero attached hydrogens (tertiary/aromatic N) is 3. The molecule has 0 spiro atoms. The second-order valence-electron chi connectivity index (χ2n) is 8.24. The number of fused-ring (bicyclic) bond motifs is 1. The van der Waals surface area contributed by atoms with E-state index in [2.05, 4.69) is 18.7 Å². The molecule has 2 rings (SSSR count). The molecule has 0 unspecified atom stereocenters. The van der Waals surface area contributed by atoms with E-state index in [0.717, 1.165) is 19.4 Å². The highest BCUT2D eigenvalue weighted by atomic mass is 19.4. The van der Waals surface area contributed by atoms with Crippen molar-refractivity contribution in [1.82, 2.24) is 14.7 Å². The molecule has 2 saturated heterocycles. The van der Waals surface area contributed by atoms with Crippen LogP contribution in [0.5, 0.6) is 0 Å². The highest BCUT2D eigenvalue weighted by Gasteiger charge is 2.40. The van der Waals surface area contributed by atoms with Gasteiger partial charge in [0.1, 0.15) is 0 Å². The van der Waals surface area contributed by atoms with Crippen LogP contribution in [0.15, 0.2) is 0 Å². The molecule has 11 heteroatoms. The fraction of sp³-hybridized carbons (Fsp3) is 0.842. The predicted octanol–water partition coefficient (Wildman–Crippen LogP) is 1.30. The van der Waals surface area contributed by atoms with Gasteiger partial charge in [-0.15, -0.1) is 0 Å². The molecule has 1 N–H and O–H groups in total. The Hall–Kier alpha value is -1.88. The second kappa shape index (κ2) is 10.9. The lowest BCUT2D eigenvalue weighted by Crippen LogP contribution is -2.53. The number of carboxylic acid groups (broad SMARTS) is 1. The standard InChI is InChI=1S/C17H31N3O3.C2HF3O2/c1-12(2)19(5)10-16(21)20-7-6-15-13(9-20)8-14(11-23-15)17(22)18(3)4;3-2(4,5)1(6)7/h12-15H,6-11H2,1-5H3;(H,6,7)/t13-,14-,15+;/m0./s1. The van der Waals surface area contributed by atoms with Crippen LogP contribution in [-0.4, -0.2) is 103 Å². The third-order valence-corrected chi connectivity index (χ3v) is 5.41. The Morgan fingerprint density at radius 3 is 2.23 bits per heavy atom. The van der Waals surface area contributed by atoms with Crippen molar-refractivity contribution in [3.63, 3.8) is 0 Å². The molecule has 0 aromatic carbocycles. The van der Waals surface area contributed by atoms with Gasteiger partial charge in [0.15, 0.2) is 0 Å². The molecule has 2 aliphatic heterocycles. The fourth-order valence-corrected chi connectivity index (χ4v) is 3.39. The molecule has 0 aliphatic carbocycles. The number of carbonyl (C=O) groups is 3. The summed E-state index contributed by atoms with van der Waals surface area (Å²) in [5.74, 6) is -2.24. The third kappa shape index (κ3) is 7.75. The van der Waals surface area contributed by atoms with Crippen LogP contribution in [0.25, 0.3) is 0 Å². The van der Waals surface area contributed by atoms with E-state index in [-0.39, 0.29) is 29.8 Å². The van der Waals surface area contributed by atoms with Gasteiger partial charge in [0.2, 0.25) is 11.8 Å². The average molecular weight is 439 g/mol. The third-order valence-electron chi connectivity index (χ3n) is 5.41. The molecule has 3 atom stereocenters. The summed E-state index contributed by atoms with van der Waals surface area (Å²) in [6.45, 7) is 6.63. The average Bonchev–Trinajstić information content (AvgIpc) is 2.65. The van der Waals surface area contributed by atoms with E-state index in [1.165, 1.54) is 0 Å². The van der Waals surface area contributed by atoms with E-state index in [1.807, 2.05) is 11.9 Å². The molecule has 8 nitrogen and oxygen atoms in total. The Morgan fingerprint density at radius 2 is 1.77 bits per heavy atom. The number of aliphatic carboxylic acids is 1. The van der Waals surface area contributed by atoms with Gasteiger partial charge < -0.3 is 19.6 Å². The summed E-state index contributed by atoms with van der Waals surface area (Å²) in [5, 5.41) is 7.12. The molecule has 0 aromatic heterocycles. The van der Waals surface area contributed by atoms with Crippen molar-refractivity contribution in [1.29, 1.82) is 0 Å². The van der Waals surface area contributed by atoms with Crippen molar-refractivity contribution < 1.29 is 37.4 Å². The van der Waals surface area contributed by atoms with Gasteiger partial charge in [-0.05, 0) is 33.7 Å². The topological polar surface area (TPSA) is 90.4 Å². The number of carbonyl (C=O) groups excluding carboxylic acids is 2. The maximum atomic E-state index is 12.5. The van der Waals surface area contributed by atoms with Crippen LogP contribution in [0.3, 0.4) is 0 Å². The number of ether oxygens (including phenoxy) is 1. The molecule has 2 amide bonds. The van der Waals surface area contributed by atoms with Gasteiger partial charge in [0, 0.05) is 39.1 Å². The van der Waals surface area contributed by atoms with E-state index in [1.54, 1.807) is 19.0 Å². The monoisotopic (exact) mass is 439 g/mol. The Kier molecular flexibility index (Phi) is 9.54. The Balaban J connectivity index is 0.000000553. The smallest absolute Gasteiger partial charge is 0.475 e. The molecule has 30 heavy (non-hydrogen) atoms. The second-order valence-corrected chi connectivity index (χ2v) is 8.24. The van der Waals surface area contributed by atoms with Crippen molar-refractivity contribution in [2.75, 3.05) is 47.4 Å². The summed E-state index contributed by atoms with van der Waals surface area (Å²) in [4.78, 5) is 39.2. The van der Waals surface area contributed by atoms with Crippen LogP contribution < -0.4 is 0 Å². The number of likely N-dealkylation sites (tertiary alicyclic amines) is 1. The molecule has 0 radical (unpaired) electrons. The van der Waals surface area contributed by atoms with Crippen molar-refractivity contribution in [2.24, 2.45) is 11.8 Å². The number of alkyl halides is 3. The van der Waals surface area contributed by atoms with E-state index in [4.69, 9.17) is 14.6 Å². The molecule has 174 valence electrons. The van der Waals surface area contributed by atoms with Gasteiger partial charge in [-0.2, -0.15) is 13.2 Å². The SMILES string of the molecule is CC(C)N(C)CC(=O)N1CC[C@H]2OC[C@@H](C(=O)N(C)C)C[C@H]2C1.O=C(O)C(F)(F)F. The van der Waals surface area contributed by atoms with Gasteiger partial charge in [-0.1, -0.05) is 0 Å². The summed E-state index contributed by atoms with van der Waals surface area (Å²) in [6, 6.07) is 0.358. The Bertz CT molecular complexity index is 613. The summed E-state index contributed by atoms with van der Waals surface area (Å²) in [7, 11) is 5.55. The normalized spacial score (nSPS) is 24.1. The number of likely N-dealkylation sites (N-methyl/N-ethyl adjacent to an activating group) is 1. The first-order valence-electron chi connectivity index (χ1n) is 9.84. The molecule has 0 aromatic rings. The van der Waals surface area contributed by atoms with Crippen molar-refractivity contribution >= 4 is 17.8 Å². The Morgan fingerprint density at radius 1 is 1.20 bits per heavy atom. The summed E-state index contributed by atoms with van der Waals surface area (Å²) >= 11 is 0. The van der Waals surface area contributed by atoms with Gasteiger partial charge in [-0.25, -0.2) is 4.79 Å². The summed E-state index contributed by atoms with van der Waals surface area (Å²) in [6.07, 6.45) is -3.18. The molecular formula is C19H32F3N3O5. The van der Waals surface area contributed by atoms with Crippen LogP contribution in [0.1, 0.15) is 26.7 Å². The molecule has 0 saturated carbocycles. The van der Waals surface area contributed by atoms with Crippen LogP contribution in [-0.2, 0) is 19.1 Å². The number of piperidine rings is 1. The van der Waals surface area contributed by atoms with Gasteiger partial charge in [0.05, 0.1) is 25.2 Å². The molecule has 2 fully saturated rings. The van der Waals surface area contributed by atoms with Crippen molar-refractivity contribution in [3.8, 4) is 0 Å². The zero-order valence-corrected chi connectivity index (χ0v) is 18.1. The van der Waals surface area contributed by atoms with Crippen molar-refractivity contribution in [2.45, 2.75) is 45.0 Å². The van der Waals surface area contributed by atoms with Crippen LogP contribution >= 0.6 is 0 Å². The largest absolute Gasteiger partial charge is 0.490 e. The molecular weight excluding hydrogens is 407 g/mol. The number of carboxylic acids is 1. The number of halogens is 3. The van der Waals surface area contributed by atoms with E-state index < -0.39 is 12.1 Å². The van der Waals surface area contributed by atoms with Crippen LogP contribution in [0.2, 0.25) is 0 Å². The Labute approximate surface area is 174 Å². The summed E-state index contributed by atoms with van der Waals surface area (Å²) in [5.41, 5.74) is 0. The lowest BCUT2D eigenvalue weighted by molar-refractivity contribution is -0.192. The van der Waals surface area contributed by atoms with Gasteiger partial charge in [0.25, 0.3) is 0 Å². The molecule has 2 heterocycles. The molecule has 2 aliphatic rings. The quantitative estimate of drug-likeness (QED) is 0.710. The summed E-state index contributed by atoms with van der Waals surface area (Å²) < 4.78 is 37.7. The molecule has 0 bridgehead atoms. The van der Waals surface area contributed by atoms with E-state index in [9.17, 15) is 22.8 Å². The minimum absolute atomic E-state index is 0.0698. The number of hydrogen-bond acceptors (Lipinski definition) is 5. The van der Waals surface area contributed by atoms with Crippen LogP contribution in [0.4, 0.5) is 13.2 Å². The number of hydrogen-bond donors (Lipinski definition) is 1. The van der Waals surface area contributed by atoms with Gasteiger partial charge >= 0.3 is 12.1 Å². The zero-order chi connectivity index (χ0) is 23.2. The van der Waals surface area contributed by atoms with E-state index in [0.29, 0.717) is 25.7 Å². The zero-order valence-electron chi connectivity index (χ0n) is 18.1. The lowest BCUT2D eigenvalue weighted by atomic mass is 9.83. The van der Waals surface area contributed by atoms with Crippen LogP contribution in [0, 0.1) is 11.8 Å². The predicted molar refractivity (Wildman–Crippen MR) is 103 cm³/mol. The first-order valence-corrected chi connectivity index (χ1v) is 9.84. The minimum Gasteiger partial charge on any atom is -0.475 e. The first-order chi connectivity index (χ1) is 13.7. The lowest BCUT2D eigenvalue weighted by Gasteiger charge is -2.43. The highest BCUT2D eigenvalue weighted by molar-refractivity contribution is 5.79.